The maximum absolute atomic E-state index is 12.3. The van der Waals surface area contributed by atoms with Crippen molar-refractivity contribution < 1.29 is 14.1 Å². The van der Waals surface area contributed by atoms with E-state index in [4.69, 9.17) is 16.0 Å². The fourth-order valence-corrected chi connectivity index (χ4v) is 2.79. The number of hydrogen-bond acceptors (Lipinski definition) is 7. The topological polar surface area (TPSA) is 111 Å². The number of amides is 1. The minimum absolute atomic E-state index is 0.172. The second-order valence-corrected chi connectivity index (χ2v) is 6.33. The molecule has 0 aliphatic rings. The van der Waals surface area contributed by atoms with Gasteiger partial charge in [-0.15, -0.1) is 16.9 Å². The average Bonchev–Trinajstić information content (AvgIpc) is 3.10. The highest BCUT2D eigenvalue weighted by atomic mass is 35.5. The first-order chi connectivity index (χ1) is 12.5. The third kappa shape index (κ3) is 3.84. The van der Waals surface area contributed by atoms with Gasteiger partial charge in [0.05, 0.1) is 4.92 Å². The summed E-state index contributed by atoms with van der Waals surface area (Å²) in [5, 5.41) is 21.3. The molecule has 0 spiro atoms. The number of nitrogens with zero attached hydrogens (tertiary/aromatic N) is 3. The lowest BCUT2D eigenvalue weighted by molar-refractivity contribution is -0.385. The van der Waals surface area contributed by atoms with Crippen molar-refractivity contribution in [2.24, 2.45) is 0 Å². The molecule has 0 radical (unpaired) electrons. The predicted molar refractivity (Wildman–Crippen MR) is 97.6 cm³/mol. The van der Waals surface area contributed by atoms with Crippen molar-refractivity contribution >= 4 is 41.0 Å². The standard InChI is InChI=1S/C16H11ClN4O4S/c1-26-11-4-2-3-9(7-11)15-19-20-16(25-15)18-14(22)12-8-10(17)5-6-13(12)21(23)24/h2-8H,1H3,(H,18,20,22). The Labute approximate surface area is 156 Å². The molecule has 26 heavy (non-hydrogen) atoms. The van der Waals surface area contributed by atoms with Crippen molar-refractivity contribution in [3.63, 3.8) is 0 Å². The number of nitro benzene ring substituents is 1. The van der Waals surface area contributed by atoms with Crippen molar-refractivity contribution in [3.8, 4) is 11.5 Å². The van der Waals surface area contributed by atoms with Crippen LogP contribution in [-0.2, 0) is 0 Å². The average molecular weight is 391 g/mol. The van der Waals surface area contributed by atoms with E-state index in [0.717, 1.165) is 11.0 Å². The van der Waals surface area contributed by atoms with Gasteiger partial charge in [-0.1, -0.05) is 22.8 Å². The van der Waals surface area contributed by atoms with Crippen LogP contribution in [0.4, 0.5) is 11.7 Å². The number of carbonyl (C=O) groups excluding carboxylic acids is 1. The van der Waals surface area contributed by atoms with Gasteiger partial charge in [0, 0.05) is 21.5 Å². The molecule has 0 bridgehead atoms. The van der Waals surface area contributed by atoms with Crippen LogP contribution in [-0.4, -0.2) is 27.3 Å². The number of benzene rings is 2. The molecule has 0 aliphatic carbocycles. The van der Waals surface area contributed by atoms with Crippen molar-refractivity contribution in [2.75, 3.05) is 11.6 Å². The second-order valence-electron chi connectivity index (χ2n) is 5.02. The van der Waals surface area contributed by atoms with Gasteiger partial charge in [0.1, 0.15) is 5.56 Å². The van der Waals surface area contributed by atoms with Gasteiger partial charge in [0.15, 0.2) is 0 Å². The number of anilines is 1. The Balaban J connectivity index is 1.84. The molecule has 0 atom stereocenters. The maximum Gasteiger partial charge on any atom is 0.322 e. The second kappa shape index (κ2) is 7.54. The molecule has 1 heterocycles. The zero-order chi connectivity index (χ0) is 18.7. The predicted octanol–water partition coefficient (Wildman–Crippen LogP) is 4.27. The van der Waals surface area contributed by atoms with E-state index in [9.17, 15) is 14.9 Å². The minimum atomic E-state index is -0.771. The summed E-state index contributed by atoms with van der Waals surface area (Å²) in [6.45, 7) is 0. The number of nitrogens with one attached hydrogen (secondary N) is 1. The summed E-state index contributed by atoms with van der Waals surface area (Å²) in [5.41, 5.74) is 0.115. The third-order valence-corrected chi connectivity index (χ3v) is 4.32. The maximum atomic E-state index is 12.3. The van der Waals surface area contributed by atoms with Crippen LogP contribution in [0.3, 0.4) is 0 Å². The fourth-order valence-electron chi connectivity index (χ4n) is 2.16. The number of aromatic nitrogens is 2. The third-order valence-electron chi connectivity index (χ3n) is 3.36. The van der Waals surface area contributed by atoms with Gasteiger partial charge >= 0.3 is 6.01 Å². The van der Waals surface area contributed by atoms with E-state index in [1.807, 2.05) is 24.5 Å². The summed E-state index contributed by atoms with van der Waals surface area (Å²) < 4.78 is 5.43. The number of thioether (sulfide) groups is 1. The van der Waals surface area contributed by atoms with E-state index in [-0.39, 0.29) is 28.2 Å². The van der Waals surface area contributed by atoms with E-state index < -0.39 is 10.8 Å². The molecule has 132 valence electrons. The molecule has 1 amide bonds. The van der Waals surface area contributed by atoms with Crippen LogP contribution in [0.5, 0.6) is 0 Å². The molecule has 0 fully saturated rings. The Kier molecular flexibility index (Phi) is 5.19. The molecular formula is C16H11ClN4O4S. The molecule has 0 saturated carbocycles. The zero-order valence-electron chi connectivity index (χ0n) is 13.3. The highest BCUT2D eigenvalue weighted by Gasteiger charge is 2.22. The van der Waals surface area contributed by atoms with Crippen LogP contribution in [0.2, 0.25) is 5.02 Å². The van der Waals surface area contributed by atoms with Crippen LogP contribution in [0, 0.1) is 10.1 Å². The minimum Gasteiger partial charge on any atom is -0.403 e. The Bertz CT molecular complexity index is 992. The fraction of sp³-hybridized carbons (Fsp3) is 0.0625. The van der Waals surface area contributed by atoms with Crippen LogP contribution in [0.1, 0.15) is 10.4 Å². The Morgan fingerprint density at radius 1 is 1.27 bits per heavy atom. The van der Waals surface area contributed by atoms with E-state index >= 15 is 0 Å². The van der Waals surface area contributed by atoms with Crippen molar-refractivity contribution in [1.29, 1.82) is 0 Å². The molecule has 8 nitrogen and oxygen atoms in total. The number of rotatable bonds is 5. The Morgan fingerprint density at radius 2 is 2.08 bits per heavy atom. The van der Waals surface area contributed by atoms with Gasteiger partial charge in [0.25, 0.3) is 11.6 Å². The van der Waals surface area contributed by atoms with Gasteiger partial charge in [-0.2, -0.15) is 0 Å². The van der Waals surface area contributed by atoms with Gasteiger partial charge in [-0.25, -0.2) is 0 Å². The lowest BCUT2D eigenvalue weighted by Crippen LogP contribution is -2.14. The molecule has 0 unspecified atom stereocenters. The largest absolute Gasteiger partial charge is 0.403 e. The monoisotopic (exact) mass is 390 g/mol. The first kappa shape index (κ1) is 17.9. The summed E-state index contributed by atoms with van der Waals surface area (Å²) >= 11 is 7.39. The summed E-state index contributed by atoms with van der Waals surface area (Å²) in [4.78, 5) is 23.7. The first-order valence-electron chi connectivity index (χ1n) is 7.21. The van der Waals surface area contributed by atoms with Crippen LogP contribution in [0.25, 0.3) is 11.5 Å². The van der Waals surface area contributed by atoms with E-state index in [1.54, 1.807) is 17.8 Å². The highest BCUT2D eigenvalue weighted by Crippen LogP contribution is 2.26. The summed E-state index contributed by atoms with van der Waals surface area (Å²) in [6.07, 6.45) is 1.94. The summed E-state index contributed by atoms with van der Waals surface area (Å²) in [7, 11) is 0. The summed E-state index contributed by atoms with van der Waals surface area (Å²) in [6, 6.07) is 11.0. The lowest BCUT2D eigenvalue weighted by atomic mass is 10.1. The zero-order valence-corrected chi connectivity index (χ0v) is 14.9. The van der Waals surface area contributed by atoms with Crippen molar-refractivity contribution in [1.82, 2.24) is 10.2 Å². The van der Waals surface area contributed by atoms with Gasteiger partial charge in [0.2, 0.25) is 5.89 Å². The van der Waals surface area contributed by atoms with Gasteiger partial charge in [-0.05, 0) is 36.6 Å². The van der Waals surface area contributed by atoms with Crippen LogP contribution in [0.15, 0.2) is 51.8 Å². The Morgan fingerprint density at radius 3 is 2.81 bits per heavy atom. The molecule has 10 heteroatoms. The normalized spacial score (nSPS) is 10.5. The quantitative estimate of drug-likeness (QED) is 0.393. The molecule has 3 aromatic rings. The van der Waals surface area contributed by atoms with E-state index in [0.29, 0.717) is 5.56 Å². The molecule has 0 aliphatic heterocycles. The van der Waals surface area contributed by atoms with E-state index in [2.05, 4.69) is 15.5 Å². The number of carbonyl (C=O) groups is 1. The molecular weight excluding hydrogens is 380 g/mol. The SMILES string of the molecule is CSc1cccc(-c2nnc(NC(=O)c3cc(Cl)ccc3[N+](=O)[O-])o2)c1. The molecule has 1 aromatic heterocycles. The Hall–Kier alpha value is -2.91. The number of nitro groups is 1. The molecule has 2 aromatic carbocycles. The summed E-state index contributed by atoms with van der Waals surface area (Å²) in [5.74, 6) is -0.552. The van der Waals surface area contributed by atoms with Crippen LogP contribution >= 0.6 is 23.4 Å². The molecule has 0 saturated heterocycles. The first-order valence-corrected chi connectivity index (χ1v) is 8.81. The molecule has 3 rings (SSSR count). The van der Waals surface area contributed by atoms with Crippen molar-refractivity contribution in [2.45, 2.75) is 4.90 Å². The molecule has 1 N–H and O–H groups in total. The highest BCUT2D eigenvalue weighted by molar-refractivity contribution is 7.98. The van der Waals surface area contributed by atoms with Gasteiger partial charge in [-0.3, -0.25) is 20.2 Å². The van der Waals surface area contributed by atoms with Gasteiger partial charge < -0.3 is 4.42 Å². The van der Waals surface area contributed by atoms with Crippen molar-refractivity contribution in [3.05, 3.63) is 63.2 Å². The number of hydrogen-bond donors (Lipinski definition) is 1. The smallest absolute Gasteiger partial charge is 0.322 e. The number of halogens is 1. The lowest BCUT2D eigenvalue weighted by Gasteiger charge is -2.03. The van der Waals surface area contributed by atoms with Crippen LogP contribution < -0.4 is 5.32 Å². The van der Waals surface area contributed by atoms with E-state index in [1.165, 1.54) is 12.1 Å².